The molecule has 0 fully saturated rings. The highest BCUT2D eigenvalue weighted by atomic mass is 19.1. The maximum atomic E-state index is 13.6. The fraction of sp³-hybridized carbons (Fsp3) is 0.318. The number of aryl methyl sites for hydroxylation is 1. The van der Waals surface area contributed by atoms with Crippen LogP contribution in [-0.4, -0.2) is 35.9 Å². The average molecular weight is 412 g/mol. The minimum Gasteiger partial charge on any atom is -0.459 e. The number of carbonyl (C=O) groups excluding carboxylic acids is 2. The first-order valence-corrected chi connectivity index (χ1v) is 9.60. The quantitative estimate of drug-likeness (QED) is 0.646. The summed E-state index contributed by atoms with van der Waals surface area (Å²) in [7, 11) is 3.29. The lowest BCUT2D eigenvalue weighted by molar-refractivity contribution is 0.0827. The van der Waals surface area contributed by atoms with Crippen molar-refractivity contribution in [3.8, 4) is 0 Å². The second-order valence-corrected chi connectivity index (χ2v) is 7.71. The monoisotopic (exact) mass is 412 g/mol. The number of carbonyl (C=O) groups is 2. The van der Waals surface area contributed by atoms with E-state index in [4.69, 9.17) is 4.42 Å². The smallest absolute Gasteiger partial charge is 0.319 e. The zero-order valence-corrected chi connectivity index (χ0v) is 17.6. The lowest BCUT2D eigenvalue weighted by Gasteiger charge is -2.21. The van der Waals surface area contributed by atoms with Crippen LogP contribution in [0.4, 0.5) is 14.9 Å². The van der Waals surface area contributed by atoms with Gasteiger partial charge in [-0.15, -0.1) is 0 Å². The molecule has 1 unspecified atom stereocenters. The molecule has 158 valence electrons. The molecule has 2 N–H and O–H groups in total. The molecule has 1 aromatic carbocycles. The Morgan fingerprint density at radius 3 is 2.57 bits per heavy atom. The van der Waals surface area contributed by atoms with E-state index < -0.39 is 12.1 Å². The minimum atomic E-state index is -0.462. The fourth-order valence-corrected chi connectivity index (χ4v) is 3.24. The van der Waals surface area contributed by atoms with E-state index in [1.54, 1.807) is 26.2 Å². The summed E-state index contributed by atoms with van der Waals surface area (Å²) in [6, 6.07) is 5.02. The van der Waals surface area contributed by atoms with Gasteiger partial charge in [0.2, 0.25) is 0 Å². The van der Waals surface area contributed by atoms with Gasteiger partial charge in [-0.05, 0) is 37.1 Å². The molecule has 3 rings (SSSR count). The number of hydrogen-bond acceptors (Lipinski definition) is 4. The van der Waals surface area contributed by atoms with Crippen LogP contribution in [0.5, 0.6) is 0 Å². The molecule has 0 aliphatic heterocycles. The van der Waals surface area contributed by atoms with Crippen molar-refractivity contribution in [3.63, 3.8) is 0 Å². The van der Waals surface area contributed by atoms with Gasteiger partial charge < -0.3 is 20.0 Å². The van der Waals surface area contributed by atoms with Gasteiger partial charge in [-0.25, -0.2) is 9.18 Å². The van der Waals surface area contributed by atoms with Gasteiger partial charge in [-0.2, -0.15) is 0 Å². The third-order valence-electron chi connectivity index (χ3n) is 4.82. The van der Waals surface area contributed by atoms with E-state index >= 15 is 0 Å². The molecule has 0 spiro atoms. The van der Waals surface area contributed by atoms with E-state index in [9.17, 15) is 14.0 Å². The maximum absolute atomic E-state index is 13.6. The predicted octanol–water partition coefficient (Wildman–Crippen LogP) is 4.50. The van der Waals surface area contributed by atoms with Crippen LogP contribution in [0, 0.1) is 18.7 Å². The van der Waals surface area contributed by atoms with E-state index in [1.807, 2.05) is 20.8 Å². The maximum Gasteiger partial charge on any atom is 0.319 e. The molecule has 0 aliphatic rings. The Kier molecular flexibility index (Phi) is 6.05. The first-order valence-electron chi connectivity index (χ1n) is 9.60. The first kappa shape index (κ1) is 21.3. The lowest BCUT2D eigenvalue weighted by atomic mass is 9.98. The van der Waals surface area contributed by atoms with Crippen molar-refractivity contribution in [2.75, 3.05) is 19.4 Å². The molecule has 0 radical (unpaired) electrons. The Morgan fingerprint density at radius 2 is 1.90 bits per heavy atom. The van der Waals surface area contributed by atoms with Crippen molar-refractivity contribution in [2.24, 2.45) is 5.92 Å². The van der Waals surface area contributed by atoms with Gasteiger partial charge in [0.25, 0.3) is 5.91 Å². The molecule has 3 amide bonds. The largest absolute Gasteiger partial charge is 0.459 e. The molecule has 3 aromatic rings. The summed E-state index contributed by atoms with van der Waals surface area (Å²) in [5.74, 6) is 0.0381. The number of anilines is 1. The van der Waals surface area contributed by atoms with Crippen molar-refractivity contribution >= 4 is 28.6 Å². The van der Waals surface area contributed by atoms with Gasteiger partial charge in [0.1, 0.15) is 17.2 Å². The number of nitrogens with zero attached hydrogens (tertiary/aromatic N) is 2. The summed E-state index contributed by atoms with van der Waals surface area (Å²) >= 11 is 0. The van der Waals surface area contributed by atoms with E-state index in [1.165, 1.54) is 29.4 Å². The SMILES string of the molecule is Cc1c(C(NC(=O)Nc2cncc(C(=O)N(C)C)c2)C(C)C)oc2ccc(F)cc12. The number of nitrogens with one attached hydrogen (secondary N) is 2. The molecule has 2 heterocycles. The number of urea groups is 1. The summed E-state index contributed by atoms with van der Waals surface area (Å²) in [6.45, 7) is 5.75. The molecule has 7 nitrogen and oxygen atoms in total. The van der Waals surface area contributed by atoms with Crippen molar-refractivity contribution in [1.82, 2.24) is 15.2 Å². The van der Waals surface area contributed by atoms with Gasteiger partial charge in [-0.3, -0.25) is 9.78 Å². The number of hydrogen-bond donors (Lipinski definition) is 2. The molecular weight excluding hydrogens is 387 g/mol. The van der Waals surface area contributed by atoms with Crippen molar-refractivity contribution < 1.29 is 18.4 Å². The number of amides is 3. The Morgan fingerprint density at radius 1 is 1.17 bits per heavy atom. The highest BCUT2D eigenvalue weighted by molar-refractivity contribution is 5.96. The van der Waals surface area contributed by atoms with Crippen molar-refractivity contribution in [3.05, 3.63) is 59.4 Å². The summed E-state index contributed by atoms with van der Waals surface area (Å²) in [5, 5.41) is 6.29. The van der Waals surface area contributed by atoms with E-state index in [2.05, 4.69) is 15.6 Å². The van der Waals surface area contributed by atoms with Crippen molar-refractivity contribution in [1.29, 1.82) is 0 Å². The summed E-state index contributed by atoms with van der Waals surface area (Å²) in [4.78, 5) is 30.2. The van der Waals surface area contributed by atoms with Gasteiger partial charge in [0.05, 0.1) is 23.5 Å². The van der Waals surface area contributed by atoms with Crippen LogP contribution in [-0.2, 0) is 0 Å². The Bertz CT molecular complexity index is 1090. The van der Waals surface area contributed by atoms with Gasteiger partial charge in [-0.1, -0.05) is 13.8 Å². The number of fused-ring (bicyclic) bond motifs is 1. The van der Waals surface area contributed by atoms with E-state index in [-0.39, 0.29) is 17.6 Å². The fourth-order valence-electron chi connectivity index (χ4n) is 3.24. The van der Waals surface area contributed by atoms with Crippen LogP contribution >= 0.6 is 0 Å². The Labute approximate surface area is 174 Å². The third kappa shape index (κ3) is 4.42. The Hall–Kier alpha value is -3.42. The molecular formula is C22H25FN4O3. The number of furan rings is 1. The molecule has 1 atom stereocenters. The zero-order chi connectivity index (χ0) is 22.0. The second kappa shape index (κ2) is 8.52. The van der Waals surface area contributed by atoms with Crippen LogP contribution < -0.4 is 10.6 Å². The highest BCUT2D eigenvalue weighted by Crippen LogP contribution is 2.33. The lowest BCUT2D eigenvalue weighted by Crippen LogP contribution is -2.35. The standard InChI is InChI=1S/C22H25FN4O3/c1-12(2)19(20-13(3)17-9-15(23)6-7-18(17)30-20)26-22(29)25-16-8-14(10-24-11-16)21(28)27(4)5/h6-12,19H,1-5H3,(H2,25,26,29). The number of aromatic nitrogens is 1. The number of rotatable bonds is 5. The number of benzene rings is 1. The summed E-state index contributed by atoms with van der Waals surface area (Å²) in [6.07, 6.45) is 2.91. The van der Waals surface area contributed by atoms with Crippen LogP contribution in [0.3, 0.4) is 0 Å². The van der Waals surface area contributed by atoms with Crippen LogP contribution in [0.15, 0.2) is 41.1 Å². The van der Waals surface area contributed by atoms with E-state index in [0.29, 0.717) is 28.0 Å². The zero-order valence-electron chi connectivity index (χ0n) is 17.6. The van der Waals surface area contributed by atoms with Crippen molar-refractivity contribution in [2.45, 2.75) is 26.8 Å². The van der Waals surface area contributed by atoms with Gasteiger partial charge in [0.15, 0.2) is 0 Å². The number of halogens is 1. The Balaban J connectivity index is 1.81. The number of pyridine rings is 1. The second-order valence-electron chi connectivity index (χ2n) is 7.71. The van der Waals surface area contributed by atoms with Crippen LogP contribution in [0.1, 0.15) is 41.6 Å². The van der Waals surface area contributed by atoms with E-state index in [0.717, 1.165) is 5.56 Å². The normalized spacial score (nSPS) is 12.1. The molecule has 0 saturated carbocycles. The molecule has 0 bridgehead atoms. The first-order chi connectivity index (χ1) is 14.2. The molecule has 8 heteroatoms. The molecule has 30 heavy (non-hydrogen) atoms. The third-order valence-corrected chi connectivity index (χ3v) is 4.82. The van der Waals surface area contributed by atoms with Gasteiger partial charge in [0, 0.05) is 31.2 Å². The molecule has 0 saturated heterocycles. The van der Waals surface area contributed by atoms with Crippen LogP contribution in [0.25, 0.3) is 11.0 Å². The highest BCUT2D eigenvalue weighted by Gasteiger charge is 2.25. The molecule has 0 aliphatic carbocycles. The van der Waals surface area contributed by atoms with Crippen LogP contribution in [0.2, 0.25) is 0 Å². The predicted molar refractivity (Wildman–Crippen MR) is 113 cm³/mol. The molecule has 2 aromatic heterocycles. The topological polar surface area (TPSA) is 87.5 Å². The summed E-state index contributed by atoms with van der Waals surface area (Å²) in [5.41, 5.74) is 2.11. The summed E-state index contributed by atoms with van der Waals surface area (Å²) < 4.78 is 19.6. The van der Waals surface area contributed by atoms with Gasteiger partial charge >= 0.3 is 6.03 Å². The average Bonchev–Trinajstić information content (AvgIpc) is 3.01. The minimum absolute atomic E-state index is 0.0136.